The van der Waals surface area contributed by atoms with Crippen LogP contribution in [-0.4, -0.2) is 34.8 Å². The molecule has 1 aliphatic heterocycles. The molecule has 0 aliphatic carbocycles. The molecule has 1 N–H and O–H groups in total. The number of ketones is 1. The van der Waals surface area contributed by atoms with E-state index >= 15 is 0 Å². The first-order valence-corrected chi connectivity index (χ1v) is 6.91. The van der Waals surface area contributed by atoms with E-state index in [0.29, 0.717) is 12.6 Å². The van der Waals surface area contributed by atoms with Crippen LogP contribution >= 0.6 is 0 Å². The number of nitrogens with zero attached hydrogens (tertiary/aromatic N) is 1. The van der Waals surface area contributed by atoms with Crippen molar-refractivity contribution in [3.63, 3.8) is 0 Å². The Morgan fingerprint density at radius 1 is 1.44 bits per heavy atom. The minimum atomic E-state index is 0.248. The highest BCUT2D eigenvalue weighted by Gasteiger charge is 2.25. The van der Waals surface area contributed by atoms with Crippen LogP contribution in [0, 0.1) is 19.8 Å². The second-order valence-corrected chi connectivity index (χ2v) is 5.86. The summed E-state index contributed by atoms with van der Waals surface area (Å²) in [5.41, 5.74) is 2.92. The third-order valence-electron chi connectivity index (χ3n) is 4.07. The Hall–Kier alpha value is -1.09. The summed E-state index contributed by atoms with van der Waals surface area (Å²) in [5, 5.41) is 0. The molecular formula is C15H24N2O. The van der Waals surface area contributed by atoms with Crippen LogP contribution < -0.4 is 0 Å². The summed E-state index contributed by atoms with van der Waals surface area (Å²) in [7, 11) is 0. The van der Waals surface area contributed by atoms with Crippen LogP contribution in [0.2, 0.25) is 0 Å². The lowest BCUT2D eigenvalue weighted by molar-refractivity contribution is 0.0816. The molecular weight excluding hydrogens is 224 g/mol. The average molecular weight is 248 g/mol. The van der Waals surface area contributed by atoms with Gasteiger partial charge in [0.2, 0.25) is 0 Å². The van der Waals surface area contributed by atoms with Gasteiger partial charge in [0.1, 0.15) is 0 Å². The fraction of sp³-hybridized carbons (Fsp3) is 0.667. The number of carbonyl (C=O) groups excluding carboxylic acids is 1. The minimum Gasteiger partial charge on any atom is -0.362 e. The van der Waals surface area contributed by atoms with Crippen molar-refractivity contribution in [2.75, 3.05) is 13.1 Å². The number of Topliss-reactive ketones (excluding diaryl/α,β-unsaturated/α-hetero) is 1. The summed E-state index contributed by atoms with van der Waals surface area (Å²) in [6, 6.07) is 2.49. The van der Waals surface area contributed by atoms with Crippen molar-refractivity contribution >= 4 is 5.78 Å². The van der Waals surface area contributed by atoms with E-state index < -0.39 is 0 Å². The Morgan fingerprint density at radius 2 is 2.17 bits per heavy atom. The van der Waals surface area contributed by atoms with Crippen LogP contribution in [0.25, 0.3) is 0 Å². The maximum atomic E-state index is 12.3. The van der Waals surface area contributed by atoms with Crippen LogP contribution in [0.3, 0.4) is 0 Å². The first-order valence-electron chi connectivity index (χ1n) is 6.91. The van der Waals surface area contributed by atoms with Gasteiger partial charge in [-0.15, -0.1) is 0 Å². The Balaban J connectivity index is 2.01. The molecule has 100 valence electrons. The number of nitrogens with one attached hydrogen (secondary N) is 1. The van der Waals surface area contributed by atoms with E-state index in [9.17, 15) is 4.79 Å². The van der Waals surface area contributed by atoms with Gasteiger partial charge in [-0.25, -0.2) is 0 Å². The van der Waals surface area contributed by atoms with Gasteiger partial charge in [0, 0.05) is 23.0 Å². The smallest absolute Gasteiger partial charge is 0.178 e. The molecule has 0 amide bonds. The van der Waals surface area contributed by atoms with E-state index in [4.69, 9.17) is 0 Å². The highest BCUT2D eigenvalue weighted by molar-refractivity contribution is 5.98. The van der Waals surface area contributed by atoms with Crippen molar-refractivity contribution in [1.82, 2.24) is 9.88 Å². The van der Waals surface area contributed by atoms with E-state index in [1.165, 1.54) is 12.8 Å². The topological polar surface area (TPSA) is 36.1 Å². The molecule has 2 rings (SSSR count). The van der Waals surface area contributed by atoms with Crippen LogP contribution in [0.15, 0.2) is 6.07 Å². The van der Waals surface area contributed by atoms with E-state index in [0.717, 1.165) is 29.4 Å². The van der Waals surface area contributed by atoms with Gasteiger partial charge >= 0.3 is 0 Å². The molecule has 0 aromatic carbocycles. The van der Waals surface area contributed by atoms with Crippen LogP contribution in [0.1, 0.15) is 48.4 Å². The number of hydrogen-bond donors (Lipinski definition) is 1. The summed E-state index contributed by atoms with van der Waals surface area (Å²) in [4.78, 5) is 17.8. The van der Waals surface area contributed by atoms with E-state index in [-0.39, 0.29) is 5.78 Å². The molecule has 3 nitrogen and oxygen atoms in total. The molecule has 1 saturated heterocycles. The number of aromatic amines is 1. The summed E-state index contributed by atoms with van der Waals surface area (Å²) in [6.45, 7) is 10.1. The highest BCUT2D eigenvalue weighted by atomic mass is 16.1. The monoisotopic (exact) mass is 248 g/mol. The zero-order chi connectivity index (χ0) is 13.3. The van der Waals surface area contributed by atoms with Crippen molar-refractivity contribution in [2.24, 2.45) is 5.92 Å². The van der Waals surface area contributed by atoms with Crippen molar-refractivity contribution in [1.29, 1.82) is 0 Å². The summed E-state index contributed by atoms with van der Waals surface area (Å²) in [6.07, 6.45) is 2.42. The van der Waals surface area contributed by atoms with Gasteiger partial charge in [0.15, 0.2) is 5.78 Å². The summed E-state index contributed by atoms with van der Waals surface area (Å²) >= 11 is 0. The fourth-order valence-corrected chi connectivity index (χ4v) is 2.97. The van der Waals surface area contributed by atoms with Crippen LogP contribution in [-0.2, 0) is 0 Å². The lowest BCUT2D eigenvalue weighted by Crippen LogP contribution is -2.43. The Bertz CT molecular complexity index is 436. The molecule has 1 aliphatic rings. The lowest BCUT2D eigenvalue weighted by atomic mass is 9.93. The van der Waals surface area contributed by atoms with Crippen LogP contribution in [0.5, 0.6) is 0 Å². The van der Waals surface area contributed by atoms with Gasteiger partial charge in [-0.05, 0) is 52.1 Å². The molecule has 2 heterocycles. The molecule has 3 heteroatoms. The molecule has 0 bridgehead atoms. The maximum Gasteiger partial charge on any atom is 0.178 e. The van der Waals surface area contributed by atoms with Gasteiger partial charge in [-0.2, -0.15) is 0 Å². The Kier molecular flexibility index (Phi) is 3.91. The van der Waals surface area contributed by atoms with Gasteiger partial charge in [0.05, 0.1) is 6.54 Å². The average Bonchev–Trinajstić information content (AvgIpc) is 2.62. The molecule has 1 aromatic rings. The van der Waals surface area contributed by atoms with Crippen molar-refractivity contribution in [3.05, 3.63) is 23.0 Å². The third kappa shape index (κ3) is 2.83. The quantitative estimate of drug-likeness (QED) is 0.835. The molecule has 2 atom stereocenters. The fourth-order valence-electron chi connectivity index (χ4n) is 2.97. The molecule has 0 saturated carbocycles. The molecule has 0 radical (unpaired) electrons. The standard InChI is InChI=1S/C15H24N2O/c1-10-5-6-17(12(3)7-10)9-15(18)14-8-11(2)16-13(14)4/h8,10,12,16H,5-7,9H2,1-4H3. The number of aromatic nitrogens is 1. The molecule has 1 fully saturated rings. The van der Waals surface area contributed by atoms with Crippen LogP contribution in [0.4, 0.5) is 0 Å². The number of aryl methyl sites for hydroxylation is 2. The van der Waals surface area contributed by atoms with Gasteiger partial charge in [0.25, 0.3) is 0 Å². The molecule has 2 unspecified atom stereocenters. The predicted molar refractivity (Wildman–Crippen MR) is 74.0 cm³/mol. The number of rotatable bonds is 3. The molecule has 1 aromatic heterocycles. The van der Waals surface area contributed by atoms with Crippen molar-refractivity contribution in [2.45, 2.75) is 46.6 Å². The number of piperidine rings is 1. The van der Waals surface area contributed by atoms with Crippen molar-refractivity contribution in [3.8, 4) is 0 Å². The van der Waals surface area contributed by atoms with Gasteiger partial charge in [-0.3, -0.25) is 9.69 Å². The maximum absolute atomic E-state index is 12.3. The number of carbonyl (C=O) groups is 1. The number of hydrogen-bond acceptors (Lipinski definition) is 2. The minimum absolute atomic E-state index is 0.248. The van der Waals surface area contributed by atoms with Gasteiger partial charge < -0.3 is 4.98 Å². The molecule has 18 heavy (non-hydrogen) atoms. The van der Waals surface area contributed by atoms with E-state index in [1.54, 1.807) is 0 Å². The number of H-pyrrole nitrogens is 1. The Morgan fingerprint density at radius 3 is 2.72 bits per heavy atom. The first kappa shape index (κ1) is 13.3. The first-order chi connectivity index (χ1) is 8.47. The third-order valence-corrected chi connectivity index (χ3v) is 4.07. The molecule has 0 spiro atoms. The zero-order valence-corrected chi connectivity index (χ0v) is 11.9. The largest absolute Gasteiger partial charge is 0.362 e. The van der Waals surface area contributed by atoms with E-state index in [2.05, 4.69) is 23.7 Å². The SMILES string of the molecule is Cc1cc(C(=O)CN2CCC(C)CC2C)c(C)[nH]1. The Labute approximate surface area is 110 Å². The second-order valence-electron chi connectivity index (χ2n) is 5.86. The summed E-state index contributed by atoms with van der Waals surface area (Å²) < 4.78 is 0. The highest BCUT2D eigenvalue weighted by Crippen LogP contribution is 2.22. The number of likely N-dealkylation sites (tertiary alicyclic amines) is 1. The lowest BCUT2D eigenvalue weighted by Gasteiger charge is -2.35. The van der Waals surface area contributed by atoms with Gasteiger partial charge in [-0.1, -0.05) is 6.92 Å². The van der Waals surface area contributed by atoms with E-state index in [1.807, 2.05) is 19.9 Å². The second kappa shape index (κ2) is 5.27. The zero-order valence-electron chi connectivity index (χ0n) is 11.9. The van der Waals surface area contributed by atoms with Crippen molar-refractivity contribution < 1.29 is 4.79 Å². The predicted octanol–water partition coefficient (Wildman–Crippen LogP) is 2.93. The summed E-state index contributed by atoms with van der Waals surface area (Å²) in [5.74, 6) is 1.04. The normalized spacial score (nSPS) is 25.3.